The Labute approximate surface area is 153 Å². The molecule has 0 atom stereocenters. The lowest BCUT2D eigenvalue weighted by Crippen LogP contribution is -2.48. The van der Waals surface area contributed by atoms with E-state index in [9.17, 15) is 22.8 Å². The third-order valence-corrected chi connectivity index (χ3v) is 4.22. The molecule has 0 bridgehead atoms. The van der Waals surface area contributed by atoms with Crippen molar-refractivity contribution in [2.24, 2.45) is 0 Å². The number of pyridine rings is 1. The van der Waals surface area contributed by atoms with Crippen LogP contribution in [0.2, 0.25) is 0 Å². The Balaban J connectivity index is 1.72. The zero-order valence-corrected chi connectivity index (χ0v) is 14.2. The number of hydrogen-bond donors (Lipinski definition) is 1. The van der Waals surface area contributed by atoms with Crippen molar-refractivity contribution in [3.8, 4) is 0 Å². The number of nitrogens with zero attached hydrogens (tertiary/aromatic N) is 3. The third kappa shape index (κ3) is 4.55. The van der Waals surface area contributed by atoms with Gasteiger partial charge in [-0.15, -0.1) is 0 Å². The molecule has 0 aliphatic carbocycles. The molecule has 1 N–H and O–H groups in total. The summed E-state index contributed by atoms with van der Waals surface area (Å²) in [4.78, 5) is 30.6. The van der Waals surface area contributed by atoms with Crippen LogP contribution in [0.25, 0.3) is 0 Å². The molecule has 3 rings (SSSR count). The second-order valence-corrected chi connectivity index (χ2v) is 6.07. The lowest BCUT2D eigenvalue weighted by molar-refractivity contribution is -0.137. The van der Waals surface area contributed by atoms with Crippen LogP contribution >= 0.6 is 0 Å². The van der Waals surface area contributed by atoms with Gasteiger partial charge in [0.05, 0.1) is 5.56 Å². The Morgan fingerprint density at radius 2 is 1.85 bits per heavy atom. The van der Waals surface area contributed by atoms with E-state index in [1.807, 2.05) is 0 Å². The average molecular weight is 378 g/mol. The minimum absolute atomic E-state index is 0.213. The van der Waals surface area contributed by atoms with Crippen molar-refractivity contribution in [3.05, 3.63) is 53.7 Å². The lowest BCUT2D eigenvalue weighted by Gasteiger charge is -2.32. The van der Waals surface area contributed by atoms with Crippen molar-refractivity contribution in [2.75, 3.05) is 31.5 Å². The lowest BCUT2D eigenvalue weighted by atomic mass is 10.2. The van der Waals surface area contributed by atoms with Gasteiger partial charge in [0.15, 0.2) is 0 Å². The zero-order valence-electron chi connectivity index (χ0n) is 14.2. The number of carbonyl (C=O) groups excluding carboxylic acids is 2. The molecule has 0 spiro atoms. The molecule has 9 heteroatoms. The number of halogens is 3. The molecule has 142 valence electrons. The highest BCUT2D eigenvalue weighted by Crippen LogP contribution is 2.31. The molecular weight excluding hydrogens is 361 g/mol. The molecule has 1 aliphatic heterocycles. The smallest absolute Gasteiger partial charge is 0.342 e. The van der Waals surface area contributed by atoms with Crippen LogP contribution in [0, 0.1) is 0 Å². The molecule has 2 aromatic rings. The molecule has 1 aliphatic rings. The summed E-state index contributed by atoms with van der Waals surface area (Å²) in [5.74, 6) is 0.0572. The van der Waals surface area contributed by atoms with E-state index in [-0.39, 0.29) is 17.4 Å². The van der Waals surface area contributed by atoms with Crippen LogP contribution in [0.5, 0.6) is 0 Å². The monoisotopic (exact) mass is 378 g/mol. The summed E-state index contributed by atoms with van der Waals surface area (Å²) >= 11 is 0. The Bertz CT molecular complexity index is 833. The second-order valence-electron chi connectivity index (χ2n) is 6.07. The van der Waals surface area contributed by atoms with E-state index in [0.717, 1.165) is 18.5 Å². The van der Waals surface area contributed by atoms with Crippen molar-refractivity contribution >= 4 is 23.8 Å². The highest BCUT2D eigenvalue weighted by molar-refractivity contribution is 5.95. The maximum atomic E-state index is 12.8. The summed E-state index contributed by atoms with van der Waals surface area (Å²) in [6, 6.07) is 7.80. The third-order valence-electron chi connectivity index (χ3n) is 4.22. The van der Waals surface area contributed by atoms with Gasteiger partial charge in [0, 0.05) is 43.6 Å². The SMILES string of the molecule is O=CN1CCN(C(=O)c2ccnc(Nc3cccc(C(F)(F)F)c3)c2)CC1. The van der Waals surface area contributed by atoms with Gasteiger partial charge in [0.25, 0.3) is 5.91 Å². The topological polar surface area (TPSA) is 65.5 Å². The molecule has 27 heavy (non-hydrogen) atoms. The summed E-state index contributed by atoms with van der Waals surface area (Å²) in [6.07, 6.45) is -2.26. The summed E-state index contributed by atoms with van der Waals surface area (Å²) < 4.78 is 38.5. The van der Waals surface area contributed by atoms with Crippen molar-refractivity contribution < 1.29 is 22.8 Å². The fourth-order valence-corrected chi connectivity index (χ4v) is 2.77. The van der Waals surface area contributed by atoms with E-state index in [2.05, 4.69) is 10.3 Å². The Hall–Kier alpha value is -3.10. The van der Waals surface area contributed by atoms with Crippen LogP contribution in [0.4, 0.5) is 24.7 Å². The number of aromatic nitrogens is 1. The first-order chi connectivity index (χ1) is 12.9. The summed E-state index contributed by atoms with van der Waals surface area (Å²) in [7, 11) is 0. The van der Waals surface area contributed by atoms with Crippen molar-refractivity contribution in [3.63, 3.8) is 0 Å². The molecular formula is C18H17F3N4O2. The first kappa shape index (κ1) is 18.7. The van der Waals surface area contributed by atoms with Crippen molar-refractivity contribution in [1.29, 1.82) is 0 Å². The predicted octanol–water partition coefficient (Wildman–Crippen LogP) is 2.76. The number of carbonyl (C=O) groups is 2. The summed E-state index contributed by atoms with van der Waals surface area (Å²) in [5.41, 5.74) is -0.173. The van der Waals surface area contributed by atoms with E-state index in [1.165, 1.54) is 24.4 Å². The van der Waals surface area contributed by atoms with Gasteiger partial charge in [0.2, 0.25) is 6.41 Å². The van der Waals surface area contributed by atoms with Crippen molar-refractivity contribution in [1.82, 2.24) is 14.8 Å². The van der Waals surface area contributed by atoms with Gasteiger partial charge >= 0.3 is 6.18 Å². The van der Waals surface area contributed by atoms with Gasteiger partial charge < -0.3 is 15.1 Å². The van der Waals surface area contributed by atoms with Gasteiger partial charge in [-0.05, 0) is 30.3 Å². The molecule has 1 aromatic carbocycles. The van der Waals surface area contributed by atoms with E-state index in [0.29, 0.717) is 31.7 Å². The maximum Gasteiger partial charge on any atom is 0.416 e. The van der Waals surface area contributed by atoms with Crippen LogP contribution in [-0.4, -0.2) is 53.3 Å². The molecule has 1 aromatic heterocycles. The Morgan fingerprint density at radius 3 is 2.52 bits per heavy atom. The normalized spacial score (nSPS) is 14.8. The van der Waals surface area contributed by atoms with Crippen LogP contribution in [0.15, 0.2) is 42.6 Å². The number of benzene rings is 1. The Morgan fingerprint density at radius 1 is 1.11 bits per heavy atom. The molecule has 0 unspecified atom stereocenters. The fourth-order valence-electron chi connectivity index (χ4n) is 2.77. The predicted molar refractivity (Wildman–Crippen MR) is 92.5 cm³/mol. The van der Waals surface area contributed by atoms with Crippen LogP contribution in [0.3, 0.4) is 0 Å². The quantitative estimate of drug-likeness (QED) is 0.831. The van der Waals surface area contributed by atoms with E-state index in [1.54, 1.807) is 15.9 Å². The van der Waals surface area contributed by atoms with Gasteiger partial charge in [-0.2, -0.15) is 13.2 Å². The molecule has 6 nitrogen and oxygen atoms in total. The largest absolute Gasteiger partial charge is 0.416 e. The van der Waals surface area contributed by atoms with E-state index >= 15 is 0 Å². The number of amides is 2. The van der Waals surface area contributed by atoms with Crippen LogP contribution in [0.1, 0.15) is 15.9 Å². The number of piperazine rings is 1. The summed E-state index contributed by atoms with van der Waals surface area (Å²) in [6.45, 7) is 1.79. The molecule has 0 saturated carbocycles. The van der Waals surface area contributed by atoms with E-state index in [4.69, 9.17) is 0 Å². The van der Waals surface area contributed by atoms with Crippen LogP contribution < -0.4 is 5.32 Å². The van der Waals surface area contributed by atoms with Crippen LogP contribution in [-0.2, 0) is 11.0 Å². The van der Waals surface area contributed by atoms with Gasteiger partial charge in [-0.25, -0.2) is 4.98 Å². The number of alkyl halides is 3. The molecule has 2 amide bonds. The highest BCUT2D eigenvalue weighted by Gasteiger charge is 2.30. The minimum atomic E-state index is -4.44. The summed E-state index contributed by atoms with van der Waals surface area (Å²) in [5, 5.41) is 2.79. The highest BCUT2D eigenvalue weighted by atomic mass is 19.4. The fraction of sp³-hybridized carbons (Fsp3) is 0.278. The Kier molecular flexibility index (Phi) is 5.29. The molecule has 0 radical (unpaired) electrons. The zero-order chi connectivity index (χ0) is 19.4. The first-order valence-corrected chi connectivity index (χ1v) is 8.26. The van der Waals surface area contributed by atoms with Gasteiger partial charge in [-0.3, -0.25) is 9.59 Å². The molecule has 1 fully saturated rings. The molecule has 2 heterocycles. The first-order valence-electron chi connectivity index (χ1n) is 8.26. The number of nitrogens with one attached hydrogen (secondary N) is 1. The second kappa shape index (κ2) is 7.65. The standard InChI is InChI=1S/C18H17F3N4O2/c19-18(20,21)14-2-1-3-15(11-14)23-16-10-13(4-5-22-16)17(27)25-8-6-24(12-26)7-9-25/h1-5,10-12H,6-9H2,(H,22,23). The maximum absolute atomic E-state index is 12.8. The number of rotatable bonds is 4. The number of anilines is 2. The molecule has 1 saturated heterocycles. The van der Waals surface area contributed by atoms with Gasteiger partial charge in [-0.1, -0.05) is 6.07 Å². The van der Waals surface area contributed by atoms with Crippen molar-refractivity contribution in [2.45, 2.75) is 6.18 Å². The average Bonchev–Trinajstić information content (AvgIpc) is 2.67. The minimum Gasteiger partial charge on any atom is -0.342 e. The number of hydrogen-bond acceptors (Lipinski definition) is 4. The van der Waals surface area contributed by atoms with E-state index < -0.39 is 11.7 Å². The van der Waals surface area contributed by atoms with Gasteiger partial charge in [0.1, 0.15) is 5.82 Å².